The highest BCUT2D eigenvalue weighted by Crippen LogP contribution is 2.24. The fraction of sp³-hybridized carbons (Fsp3) is 0.400. The van der Waals surface area contributed by atoms with Crippen LogP contribution in [0.15, 0.2) is 40.1 Å². The minimum absolute atomic E-state index is 0.0507. The summed E-state index contributed by atoms with van der Waals surface area (Å²) in [5, 5.41) is 9.08. The number of aryl methyl sites for hydroxylation is 1. The second kappa shape index (κ2) is 5.58. The molecule has 1 rings (SSSR count). The third-order valence-electron chi connectivity index (χ3n) is 2.63. The van der Waals surface area contributed by atoms with Gasteiger partial charge >= 0.3 is 0 Å². The van der Waals surface area contributed by atoms with Gasteiger partial charge in [0.15, 0.2) is 0 Å². The van der Waals surface area contributed by atoms with Crippen LogP contribution >= 0.6 is 0 Å². The molecule has 1 aromatic rings. The van der Waals surface area contributed by atoms with Gasteiger partial charge in [0.1, 0.15) is 11.0 Å². The maximum Gasteiger partial charge on any atom is 0.216 e. The van der Waals surface area contributed by atoms with E-state index >= 15 is 0 Å². The van der Waals surface area contributed by atoms with Crippen molar-refractivity contribution in [2.75, 3.05) is 0 Å². The molecular formula is C15H19NO2S. The van der Waals surface area contributed by atoms with E-state index in [0.29, 0.717) is 6.42 Å². The Morgan fingerprint density at radius 1 is 1.26 bits per heavy atom. The summed E-state index contributed by atoms with van der Waals surface area (Å²) >= 11 is 0. The van der Waals surface area contributed by atoms with E-state index in [1.807, 2.05) is 27.7 Å². The molecule has 0 atom stereocenters. The average Bonchev–Trinajstić information content (AvgIpc) is 2.28. The van der Waals surface area contributed by atoms with Crippen LogP contribution in [-0.2, 0) is 9.84 Å². The summed E-state index contributed by atoms with van der Waals surface area (Å²) in [5.41, 5.74) is 0.932. The van der Waals surface area contributed by atoms with Crippen LogP contribution in [0.5, 0.6) is 0 Å². The van der Waals surface area contributed by atoms with Gasteiger partial charge in [-0.05, 0) is 30.9 Å². The molecule has 0 aliphatic rings. The average molecular weight is 277 g/mol. The SMILES string of the molecule is Cc1ccc(S(=O)(=O)/C(C#N)=C/CC(C)(C)C)cc1. The normalized spacial score (nSPS) is 13.1. The van der Waals surface area contributed by atoms with Gasteiger partial charge in [-0.3, -0.25) is 0 Å². The summed E-state index contributed by atoms with van der Waals surface area (Å²) in [4.78, 5) is -0.00825. The molecule has 0 heterocycles. The number of nitriles is 1. The first-order valence-corrected chi connectivity index (χ1v) is 7.57. The fourth-order valence-corrected chi connectivity index (χ4v) is 2.63. The summed E-state index contributed by atoms with van der Waals surface area (Å²) in [6.07, 6.45) is 2.05. The zero-order valence-electron chi connectivity index (χ0n) is 11.8. The summed E-state index contributed by atoms with van der Waals surface area (Å²) < 4.78 is 24.6. The zero-order valence-corrected chi connectivity index (χ0v) is 12.6. The summed E-state index contributed by atoms with van der Waals surface area (Å²) in [6, 6.07) is 8.33. The second-order valence-electron chi connectivity index (χ2n) is 5.76. The quantitative estimate of drug-likeness (QED) is 0.793. The van der Waals surface area contributed by atoms with Crippen LogP contribution in [0.3, 0.4) is 0 Å². The zero-order chi connectivity index (χ0) is 14.7. The van der Waals surface area contributed by atoms with E-state index in [4.69, 9.17) is 5.26 Å². The molecule has 0 radical (unpaired) electrons. The largest absolute Gasteiger partial charge is 0.218 e. The van der Waals surface area contributed by atoms with Crippen molar-refractivity contribution in [2.24, 2.45) is 5.41 Å². The smallest absolute Gasteiger partial charge is 0.216 e. The summed E-state index contributed by atoms with van der Waals surface area (Å²) in [6.45, 7) is 7.88. The standard InChI is InChI=1S/C15H19NO2S/c1-12-5-7-13(8-6-12)19(17,18)14(11-16)9-10-15(2,3)4/h5-9H,10H2,1-4H3/b14-9+. The monoisotopic (exact) mass is 277 g/mol. The van der Waals surface area contributed by atoms with Gasteiger partial charge in [-0.25, -0.2) is 8.42 Å². The van der Waals surface area contributed by atoms with E-state index in [9.17, 15) is 8.42 Å². The third-order valence-corrected chi connectivity index (χ3v) is 4.36. The molecule has 0 saturated carbocycles. The Labute approximate surface area is 115 Å². The van der Waals surface area contributed by atoms with Crippen LogP contribution in [-0.4, -0.2) is 8.42 Å². The van der Waals surface area contributed by atoms with Crippen molar-refractivity contribution in [3.05, 3.63) is 40.8 Å². The molecule has 102 valence electrons. The number of hydrogen-bond acceptors (Lipinski definition) is 3. The van der Waals surface area contributed by atoms with Crippen LogP contribution in [0.25, 0.3) is 0 Å². The van der Waals surface area contributed by atoms with Gasteiger partial charge in [0.05, 0.1) is 4.90 Å². The molecular weight excluding hydrogens is 258 g/mol. The molecule has 1 aromatic carbocycles. The molecule has 3 nitrogen and oxygen atoms in total. The maximum absolute atomic E-state index is 12.3. The third kappa shape index (κ3) is 4.22. The predicted molar refractivity (Wildman–Crippen MR) is 76.1 cm³/mol. The van der Waals surface area contributed by atoms with Crippen LogP contribution in [0.1, 0.15) is 32.8 Å². The lowest BCUT2D eigenvalue weighted by atomic mass is 9.92. The minimum Gasteiger partial charge on any atom is -0.218 e. The molecule has 0 unspecified atom stereocenters. The topological polar surface area (TPSA) is 57.9 Å². The van der Waals surface area contributed by atoms with Crippen molar-refractivity contribution in [1.82, 2.24) is 0 Å². The predicted octanol–water partition coefficient (Wildman–Crippen LogP) is 3.61. The maximum atomic E-state index is 12.3. The molecule has 19 heavy (non-hydrogen) atoms. The number of rotatable bonds is 3. The van der Waals surface area contributed by atoms with Crippen molar-refractivity contribution in [1.29, 1.82) is 5.26 Å². The van der Waals surface area contributed by atoms with Gasteiger partial charge in [0, 0.05) is 0 Å². The fourth-order valence-electron chi connectivity index (χ4n) is 1.46. The highest BCUT2D eigenvalue weighted by Gasteiger charge is 2.21. The number of nitrogens with zero attached hydrogens (tertiary/aromatic N) is 1. The lowest BCUT2D eigenvalue weighted by Gasteiger charge is -2.15. The molecule has 0 aliphatic carbocycles. The summed E-state index contributed by atoms with van der Waals surface area (Å²) in [5.74, 6) is 0. The van der Waals surface area contributed by atoms with Gasteiger partial charge < -0.3 is 0 Å². The van der Waals surface area contributed by atoms with Crippen LogP contribution in [0, 0.1) is 23.7 Å². The molecule has 0 saturated heterocycles. The highest BCUT2D eigenvalue weighted by atomic mass is 32.2. The lowest BCUT2D eigenvalue weighted by molar-refractivity contribution is 0.420. The van der Waals surface area contributed by atoms with E-state index < -0.39 is 9.84 Å². The van der Waals surface area contributed by atoms with E-state index in [1.165, 1.54) is 18.2 Å². The van der Waals surface area contributed by atoms with Gasteiger partial charge in [-0.1, -0.05) is 44.5 Å². The molecule has 0 amide bonds. The Kier molecular flexibility index (Phi) is 4.54. The molecule has 0 bridgehead atoms. The Morgan fingerprint density at radius 2 is 1.79 bits per heavy atom. The van der Waals surface area contributed by atoms with Crippen molar-refractivity contribution in [3.8, 4) is 6.07 Å². The number of benzene rings is 1. The van der Waals surface area contributed by atoms with Crippen molar-refractivity contribution in [3.63, 3.8) is 0 Å². The molecule has 0 aliphatic heterocycles. The van der Waals surface area contributed by atoms with Crippen LogP contribution in [0.2, 0.25) is 0 Å². The van der Waals surface area contributed by atoms with E-state index in [2.05, 4.69) is 0 Å². The Morgan fingerprint density at radius 3 is 2.21 bits per heavy atom. The first-order chi connectivity index (χ1) is 8.66. The number of allylic oxidation sites excluding steroid dienone is 2. The first-order valence-electron chi connectivity index (χ1n) is 6.09. The van der Waals surface area contributed by atoms with Gasteiger partial charge in [-0.15, -0.1) is 0 Å². The van der Waals surface area contributed by atoms with E-state index in [0.717, 1.165) is 5.56 Å². The first kappa shape index (κ1) is 15.5. The lowest BCUT2D eigenvalue weighted by Crippen LogP contribution is -2.07. The minimum atomic E-state index is -3.69. The van der Waals surface area contributed by atoms with Crippen molar-refractivity contribution >= 4 is 9.84 Å². The van der Waals surface area contributed by atoms with Crippen molar-refractivity contribution in [2.45, 2.75) is 39.0 Å². The van der Waals surface area contributed by atoms with E-state index in [1.54, 1.807) is 18.2 Å². The van der Waals surface area contributed by atoms with Gasteiger partial charge in [0.25, 0.3) is 0 Å². The molecule has 4 heteroatoms. The van der Waals surface area contributed by atoms with Crippen molar-refractivity contribution < 1.29 is 8.42 Å². The Bertz CT molecular complexity index is 612. The van der Waals surface area contributed by atoms with Gasteiger partial charge in [0.2, 0.25) is 9.84 Å². The molecule has 0 fully saturated rings. The van der Waals surface area contributed by atoms with Gasteiger partial charge in [-0.2, -0.15) is 5.26 Å². The second-order valence-corrected chi connectivity index (χ2v) is 7.68. The highest BCUT2D eigenvalue weighted by molar-refractivity contribution is 7.95. The Hall–Kier alpha value is -1.60. The van der Waals surface area contributed by atoms with Crippen LogP contribution in [0.4, 0.5) is 0 Å². The molecule has 0 N–H and O–H groups in total. The number of hydrogen-bond donors (Lipinski definition) is 0. The van der Waals surface area contributed by atoms with Crippen LogP contribution < -0.4 is 0 Å². The van der Waals surface area contributed by atoms with E-state index in [-0.39, 0.29) is 15.2 Å². The number of sulfone groups is 1. The Balaban J connectivity index is 3.17. The summed E-state index contributed by atoms with van der Waals surface area (Å²) in [7, 11) is -3.69. The molecule has 0 aromatic heterocycles. The molecule has 0 spiro atoms.